The van der Waals surface area contributed by atoms with Crippen LogP contribution in [0, 0.1) is 12.8 Å². The molecule has 0 amide bonds. The SMILES string of the molecule is Cc1cc(C2CC2)c(C(O)(C2C=CC=CC2)C(F)(F)F)c2cc[nH]c12. The molecule has 1 fully saturated rings. The number of fused-ring (bicyclic) bond motifs is 1. The van der Waals surface area contributed by atoms with Gasteiger partial charge in [0.1, 0.15) is 0 Å². The maximum Gasteiger partial charge on any atom is 0.422 e. The van der Waals surface area contributed by atoms with Gasteiger partial charge >= 0.3 is 6.18 Å². The van der Waals surface area contributed by atoms with Crippen molar-refractivity contribution in [3.63, 3.8) is 0 Å². The number of aromatic amines is 1. The lowest BCUT2D eigenvalue weighted by molar-refractivity contribution is -0.280. The number of nitrogens with one attached hydrogen (secondary N) is 1. The quantitative estimate of drug-likeness (QED) is 0.783. The van der Waals surface area contributed by atoms with Crippen molar-refractivity contribution in [2.45, 2.75) is 43.9 Å². The molecule has 2 N–H and O–H groups in total. The molecule has 1 heterocycles. The Morgan fingerprint density at radius 2 is 1.96 bits per heavy atom. The molecule has 2 unspecified atom stereocenters. The predicted octanol–water partition coefficient (Wildman–Crippen LogP) is 5.24. The maximum atomic E-state index is 14.3. The van der Waals surface area contributed by atoms with Crippen LogP contribution in [0.2, 0.25) is 0 Å². The van der Waals surface area contributed by atoms with E-state index in [2.05, 4.69) is 4.98 Å². The van der Waals surface area contributed by atoms with E-state index in [4.69, 9.17) is 0 Å². The van der Waals surface area contributed by atoms with Crippen molar-refractivity contribution in [2.75, 3.05) is 0 Å². The van der Waals surface area contributed by atoms with Crippen molar-refractivity contribution in [1.82, 2.24) is 4.98 Å². The van der Waals surface area contributed by atoms with Gasteiger partial charge in [0.2, 0.25) is 0 Å². The van der Waals surface area contributed by atoms with Gasteiger partial charge in [-0.05, 0) is 49.3 Å². The molecule has 0 spiro atoms. The lowest BCUT2D eigenvalue weighted by Gasteiger charge is -2.39. The molecule has 1 aromatic heterocycles. The smallest absolute Gasteiger partial charge is 0.376 e. The summed E-state index contributed by atoms with van der Waals surface area (Å²) in [5, 5.41) is 11.7. The molecule has 2 aromatic rings. The van der Waals surface area contributed by atoms with Crippen molar-refractivity contribution in [1.29, 1.82) is 0 Å². The van der Waals surface area contributed by atoms with Crippen LogP contribution in [0.3, 0.4) is 0 Å². The van der Waals surface area contributed by atoms with Crippen LogP contribution in [-0.4, -0.2) is 16.3 Å². The van der Waals surface area contributed by atoms with Gasteiger partial charge in [0.05, 0.1) is 0 Å². The number of aromatic nitrogens is 1. The van der Waals surface area contributed by atoms with Crippen LogP contribution in [-0.2, 0) is 5.60 Å². The first-order valence-corrected chi connectivity index (χ1v) is 8.57. The first-order valence-electron chi connectivity index (χ1n) is 8.57. The fourth-order valence-corrected chi connectivity index (χ4v) is 4.01. The largest absolute Gasteiger partial charge is 0.422 e. The third-order valence-electron chi connectivity index (χ3n) is 5.42. The zero-order valence-electron chi connectivity index (χ0n) is 13.9. The summed E-state index contributed by atoms with van der Waals surface area (Å²) in [6.45, 7) is 1.89. The standard InChI is InChI=1S/C20H20F3NO/c1-12-11-16(13-7-8-13)17(15-9-10-24-18(12)15)19(25,20(21,22)23)14-5-3-2-4-6-14/h2-5,9-11,13-14,24-25H,6-8H2,1H3. The van der Waals surface area contributed by atoms with Crippen LogP contribution in [0.25, 0.3) is 10.9 Å². The Bertz CT molecular complexity index is 873. The van der Waals surface area contributed by atoms with E-state index < -0.39 is 17.7 Å². The summed E-state index contributed by atoms with van der Waals surface area (Å²) in [5.41, 5.74) is -0.645. The molecular weight excluding hydrogens is 327 g/mol. The number of aliphatic hydroxyl groups is 1. The zero-order chi connectivity index (χ0) is 17.8. The summed E-state index contributed by atoms with van der Waals surface area (Å²) in [4.78, 5) is 3.03. The second-order valence-electron chi connectivity index (χ2n) is 7.12. The van der Waals surface area contributed by atoms with E-state index in [-0.39, 0.29) is 17.9 Å². The van der Waals surface area contributed by atoms with Gasteiger partial charge in [-0.15, -0.1) is 0 Å². The molecule has 132 valence electrons. The number of alkyl halides is 3. The molecule has 1 saturated carbocycles. The van der Waals surface area contributed by atoms with Crippen LogP contribution in [0.5, 0.6) is 0 Å². The van der Waals surface area contributed by atoms with Crippen molar-refractivity contribution < 1.29 is 18.3 Å². The zero-order valence-corrected chi connectivity index (χ0v) is 13.9. The molecule has 0 saturated heterocycles. The van der Waals surface area contributed by atoms with E-state index in [9.17, 15) is 18.3 Å². The Morgan fingerprint density at radius 3 is 2.56 bits per heavy atom. The first kappa shape index (κ1) is 16.5. The van der Waals surface area contributed by atoms with Gasteiger partial charge in [0, 0.05) is 28.6 Å². The highest BCUT2D eigenvalue weighted by Crippen LogP contribution is 2.54. The number of rotatable bonds is 3. The summed E-state index contributed by atoms with van der Waals surface area (Å²) >= 11 is 0. The van der Waals surface area contributed by atoms with E-state index in [1.54, 1.807) is 30.5 Å². The number of hydrogen-bond donors (Lipinski definition) is 2. The molecule has 2 nitrogen and oxygen atoms in total. The Kier molecular flexibility index (Phi) is 3.62. The van der Waals surface area contributed by atoms with Gasteiger partial charge in [0.15, 0.2) is 5.60 Å². The second-order valence-corrected chi connectivity index (χ2v) is 7.12. The monoisotopic (exact) mass is 347 g/mol. The van der Waals surface area contributed by atoms with Crippen LogP contribution in [0.1, 0.15) is 41.9 Å². The Balaban J connectivity index is 2.03. The lowest BCUT2D eigenvalue weighted by atomic mass is 9.73. The van der Waals surface area contributed by atoms with Gasteiger partial charge in [-0.2, -0.15) is 13.2 Å². The normalized spacial score (nSPS) is 23.2. The van der Waals surface area contributed by atoms with Crippen molar-refractivity contribution >= 4 is 10.9 Å². The highest BCUT2D eigenvalue weighted by atomic mass is 19.4. The topological polar surface area (TPSA) is 36.0 Å². The average Bonchev–Trinajstić information content (AvgIpc) is 3.31. The summed E-state index contributed by atoms with van der Waals surface area (Å²) in [7, 11) is 0. The minimum atomic E-state index is -4.77. The van der Waals surface area contributed by atoms with Gasteiger partial charge in [-0.1, -0.05) is 30.4 Å². The minimum Gasteiger partial charge on any atom is -0.376 e. The molecule has 0 radical (unpaired) electrons. The number of hydrogen-bond acceptors (Lipinski definition) is 1. The average molecular weight is 347 g/mol. The van der Waals surface area contributed by atoms with Crippen molar-refractivity contribution in [3.05, 3.63) is 59.3 Å². The summed E-state index contributed by atoms with van der Waals surface area (Å²) < 4.78 is 42.8. The van der Waals surface area contributed by atoms with Crippen LogP contribution in [0.15, 0.2) is 42.6 Å². The van der Waals surface area contributed by atoms with Gasteiger partial charge in [0.25, 0.3) is 0 Å². The molecule has 2 atom stereocenters. The molecule has 5 heteroatoms. The third kappa shape index (κ3) is 2.44. The number of allylic oxidation sites excluding steroid dienone is 3. The first-order chi connectivity index (χ1) is 11.8. The van der Waals surface area contributed by atoms with Crippen LogP contribution >= 0.6 is 0 Å². The predicted molar refractivity (Wildman–Crippen MR) is 91.3 cm³/mol. The molecule has 2 aliphatic rings. The van der Waals surface area contributed by atoms with E-state index in [1.807, 2.05) is 13.0 Å². The summed E-state index contributed by atoms with van der Waals surface area (Å²) in [6.07, 6.45) is 5.24. The highest BCUT2D eigenvalue weighted by Gasteiger charge is 2.60. The maximum absolute atomic E-state index is 14.3. The number of halogens is 3. The Morgan fingerprint density at radius 1 is 1.20 bits per heavy atom. The Hall–Kier alpha value is -2.01. The molecule has 0 bridgehead atoms. The molecule has 25 heavy (non-hydrogen) atoms. The second kappa shape index (κ2) is 5.49. The summed E-state index contributed by atoms with van der Waals surface area (Å²) in [5.74, 6) is -0.930. The van der Waals surface area contributed by atoms with E-state index in [0.717, 1.165) is 18.4 Å². The number of H-pyrrole nitrogens is 1. The van der Waals surface area contributed by atoms with Gasteiger partial charge < -0.3 is 10.1 Å². The molecule has 2 aliphatic carbocycles. The van der Waals surface area contributed by atoms with Crippen molar-refractivity contribution in [3.8, 4) is 0 Å². The van der Waals surface area contributed by atoms with E-state index in [0.29, 0.717) is 16.5 Å². The Labute approximate surface area is 144 Å². The minimum absolute atomic E-state index is 0.0364. The van der Waals surface area contributed by atoms with Crippen LogP contribution < -0.4 is 0 Å². The highest BCUT2D eigenvalue weighted by molar-refractivity contribution is 5.88. The lowest BCUT2D eigenvalue weighted by Crippen LogP contribution is -2.49. The van der Waals surface area contributed by atoms with Gasteiger partial charge in [-0.25, -0.2) is 0 Å². The number of benzene rings is 1. The van der Waals surface area contributed by atoms with Crippen LogP contribution in [0.4, 0.5) is 13.2 Å². The third-order valence-corrected chi connectivity index (χ3v) is 5.42. The molecule has 4 rings (SSSR count). The molecule has 0 aliphatic heterocycles. The fraction of sp³-hybridized carbons (Fsp3) is 0.400. The van der Waals surface area contributed by atoms with Gasteiger partial charge in [-0.3, -0.25) is 0 Å². The van der Waals surface area contributed by atoms with Crippen molar-refractivity contribution in [2.24, 2.45) is 5.92 Å². The van der Waals surface area contributed by atoms with E-state index in [1.165, 1.54) is 6.08 Å². The number of aryl methyl sites for hydroxylation is 1. The molecule has 1 aromatic carbocycles. The molecular formula is C20H20F3NO. The summed E-state index contributed by atoms with van der Waals surface area (Å²) in [6, 6.07) is 3.48. The van der Waals surface area contributed by atoms with E-state index >= 15 is 0 Å². The fourth-order valence-electron chi connectivity index (χ4n) is 4.01.